The number of pyridine rings is 3. The molecule has 4 aromatic heterocycles. The molecule has 38 heavy (non-hydrogen) atoms. The Morgan fingerprint density at radius 1 is 0.816 bits per heavy atom. The number of nitrogens with one attached hydrogen (secondary N) is 1. The molecule has 0 radical (unpaired) electrons. The van der Waals surface area contributed by atoms with Crippen LogP contribution in [0.2, 0.25) is 0 Å². The third-order valence-electron chi connectivity index (χ3n) is 6.92. The van der Waals surface area contributed by atoms with Gasteiger partial charge in [-0.25, -0.2) is 15.0 Å². The van der Waals surface area contributed by atoms with E-state index in [-0.39, 0.29) is 0 Å². The highest BCUT2D eigenvalue weighted by molar-refractivity contribution is 6.12. The van der Waals surface area contributed by atoms with E-state index >= 15 is 0 Å². The first kappa shape index (κ1) is 22.0. The molecule has 6 heteroatoms. The molecule has 1 aliphatic heterocycles. The maximum Gasteiger partial charge on any atom is 0.165 e. The smallest absolute Gasteiger partial charge is 0.165 e. The summed E-state index contributed by atoms with van der Waals surface area (Å²) in [6.45, 7) is 1.97. The lowest BCUT2D eigenvalue weighted by Crippen LogP contribution is -2.06. The fraction of sp³-hybridized carbons (Fsp3) is 0.0312. The summed E-state index contributed by atoms with van der Waals surface area (Å²) in [7, 11) is 0. The minimum atomic E-state index is 0.826. The van der Waals surface area contributed by atoms with Crippen LogP contribution in [-0.4, -0.2) is 31.3 Å². The van der Waals surface area contributed by atoms with Crippen LogP contribution in [0, 0.1) is 5.41 Å². The first-order chi connectivity index (χ1) is 18.7. The molecule has 0 amide bonds. The van der Waals surface area contributed by atoms with E-state index in [4.69, 9.17) is 20.4 Å². The van der Waals surface area contributed by atoms with Gasteiger partial charge in [0.2, 0.25) is 0 Å². The number of hydrogen-bond donors (Lipinski definition) is 1. The van der Waals surface area contributed by atoms with Gasteiger partial charge < -0.3 is 5.41 Å². The fourth-order valence-electron chi connectivity index (χ4n) is 4.91. The van der Waals surface area contributed by atoms with Crippen molar-refractivity contribution in [1.82, 2.24) is 19.4 Å². The average molecular weight is 491 g/mol. The molecule has 2 aromatic carbocycles. The summed E-state index contributed by atoms with van der Waals surface area (Å²) in [4.78, 5) is 19.1. The van der Waals surface area contributed by atoms with Crippen LogP contribution in [0.3, 0.4) is 0 Å². The Hall–Kier alpha value is -5.23. The zero-order valence-corrected chi connectivity index (χ0v) is 20.6. The molecule has 6 aromatic rings. The number of nitrogens with zero attached hydrogens (tertiary/aromatic N) is 5. The van der Waals surface area contributed by atoms with Gasteiger partial charge in [0.15, 0.2) is 5.65 Å². The molecule has 0 saturated carbocycles. The molecule has 1 aliphatic rings. The van der Waals surface area contributed by atoms with Gasteiger partial charge in [0.1, 0.15) is 11.2 Å². The van der Waals surface area contributed by atoms with Crippen molar-refractivity contribution < 1.29 is 0 Å². The van der Waals surface area contributed by atoms with Crippen LogP contribution in [0.1, 0.15) is 18.3 Å². The molecule has 0 spiro atoms. The van der Waals surface area contributed by atoms with E-state index in [0.29, 0.717) is 0 Å². The number of aromatic nitrogens is 4. The number of fused-ring (bicyclic) bond motifs is 5. The van der Waals surface area contributed by atoms with Gasteiger partial charge in [0.05, 0.1) is 22.8 Å². The SMILES string of the molecule is C/C(=C\C=N)c1cc(-c2ccc(-c3nc4c(nc5ccccn54)c4ccccc34)cc2)cc(C2=NC=C2)n1. The lowest BCUT2D eigenvalue weighted by atomic mass is 9.98. The Balaban J connectivity index is 1.37. The molecule has 6 nitrogen and oxygen atoms in total. The predicted octanol–water partition coefficient (Wildman–Crippen LogP) is 7.13. The topological polar surface area (TPSA) is 79.3 Å². The molecule has 5 heterocycles. The van der Waals surface area contributed by atoms with Crippen molar-refractivity contribution >= 4 is 45.1 Å². The van der Waals surface area contributed by atoms with Crippen LogP contribution >= 0.6 is 0 Å². The van der Waals surface area contributed by atoms with Crippen LogP contribution in [0.4, 0.5) is 0 Å². The molecule has 0 bridgehead atoms. The number of imidazole rings is 1. The first-order valence-electron chi connectivity index (χ1n) is 12.4. The van der Waals surface area contributed by atoms with Crippen LogP contribution in [0.25, 0.3) is 55.5 Å². The predicted molar refractivity (Wildman–Crippen MR) is 155 cm³/mol. The Morgan fingerprint density at radius 3 is 2.34 bits per heavy atom. The highest BCUT2D eigenvalue weighted by atomic mass is 15.1. The van der Waals surface area contributed by atoms with Gasteiger partial charge >= 0.3 is 0 Å². The number of rotatable bonds is 5. The molecule has 1 N–H and O–H groups in total. The summed E-state index contributed by atoms with van der Waals surface area (Å²) >= 11 is 0. The van der Waals surface area contributed by atoms with Gasteiger partial charge in [0, 0.05) is 34.9 Å². The molecule has 0 aliphatic carbocycles. The maximum atomic E-state index is 7.46. The zero-order valence-electron chi connectivity index (χ0n) is 20.6. The van der Waals surface area contributed by atoms with E-state index in [1.165, 1.54) is 6.21 Å². The van der Waals surface area contributed by atoms with Crippen LogP contribution in [-0.2, 0) is 0 Å². The summed E-state index contributed by atoms with van der Waals surface area (Å²) in [6.07, 6.45) is 8.79. The molecular formula is C32H22N6. The van der Waals surface area contributed by atoms with E-state index in [2.05, 4.69) is 53.5 Å². The first-order valence-corrected chi connectivity index (χ1v) is 12.4. The summed E-state index contributed by atoms with van der Waals surface area (Å²) in [5.74, 6) is 0. The largest absolute Gasteiger partial charge is 0.309 e. The number of benzene rings is 2. The molecular weight excluding hydrogens is 468 g/mol. The standard InChI is InChI=1S/C32H22N6/c1-20(13-15-33)27-18-23(19-28(35-27)26-14-16-34-26)21-9-11-22(12-10-21)30-24-6-2-3-7-25(24)31-32(37-30)38-17-5-4-8-29(38)36-31/h2-19,33H,1H3/b20-13+,33-15?. The summed E-state index contributed by atoms with van der Waals surface area (Å²) < 4.78 is 2.04. The van der Waals surface area contributed by atoms with Gasteiger partial charge in [-0.15, -0.1) is 0 Å². The number of hydrogen-bond acceptors (Lipinski definition) is 5. The number of allylic oxidation sites excluding steroid dienone is 3. The highest BCUT2D eigenvalue weighted by Gasteiger charge is 2.16. The summed E-state index contributed by atoms with van der Waals surface area (Å²) in [6, 6.07) is 27.0. The van der Waals surface area contributed by atoms with Gasteiger partial charge in [-0.1, -0.05) is 54.6 Å². The van der Waals surface area contributed by atoms with Crippen molar-refractivity contribution in [3.05, 3.63) is 115 Å². The Bertz CT molecular complexity index is 1990. The Labute approximate surface area is 218 Å². The van der Waals surface area contributed by atoms with Crippen molar-refractivity contribution in [2.24, 2.45) is 4.99 Å². The molecule has 0 saturated heterocycles. The minimum Gasteiger partial charge on any atom is -0.309 e. The molecule has 7 rings (SSSR count). The quantitative estimate of drug-likeness (QED) is 0.261. The Morgan fingerprint density at radius 2 is 1.58 bits per heavy atom. The third kappa shape index (κ3) is 3.54. The second-order valence-corrected chi connectivity index (χ2v) is 9.27. The van der Waals surface area contributed by atoms with Gasteiger partial charge in [-0.3, -0.25) is 9.39 Å². The monoisotopic (exact) mass is 490 g/mol. The van der Waals surface area contributed by atoms with E-state index in [1.54, 1.807) is 12.3 Å². The zero-order chi connectivity index (χ0) is 25.6. The molecule has 0 fully saturated rings. The van der Waals surface area contributed by atoms with Crippen molar-refractivity contribution in [2.75, 3.05) is 0 Å². The second-order valence-electron chi connectivity index (χ2n) is 9.27. The van der Waals surface area contributed by atoms with E-state index in [0.717, 1.165) is 72.6 Å². The van der Waals surface area contributed by atoms with Gasteiger partial charge in [-0.2, -0.15) is 0 Å². The van der Waals surface area contributed by atoms with E-state index < -0.39 is 0 Å². The van der Waals surface area contributed by atoms with Gasteiger partial charge in [0.25, 0.3) is 0 Å². The summed E-state index contributed by atoms with van der Waals surface area (Å²) in [5, 5.41) is 9.62. The van der Waals surface area contributed by atoms with Crippen LogP contribution in [0.5, 0.6) is 0 Å². The lowest BCUT2D eigenvalue weighted by Gasteiger charge is -2.12. The molecule has 0 atom stereocenters. The van der Waals surface area contributed by atoms with Crippen molar-refractivity contribution in [3.63, 3.8) is 0 Å². The second kappa shape index (κ2) is 8.71. The fourth-order valence-corrected chi connectivity index (χ4v) is 4.91. The Kier molecular flexibility index (Phi) is 5.04. The van der Waals surface area contributed by atoms with Crippen LogP contribution < -0.4 is 0 Å². The number of aliphatic imine (C=N–C) groups is 1. The van der Waals surface area contributed by atoms with E-state index in [1.807, 2.05) is 53.9 Å². The normalized spacial score (nSPS) is 13.2. The van der Waals surface area contributed by atoms with Crippen LogP contribution in [0.15, 0.2) is 108 Å². The maximum absolute atomic E-state index is 7.46. The highest BCUT2D eigenvalue weighted by Crippen LogP contribution is 2.34. The van der Waals surface area contributed by atoms with E-state index in [9.17, 15) is 0 Å². The van der Waals surface area contributed by atoms with Crippen molar-refractivity contribution in [3.8, 4) is 22.4 Å². The summed E-state index contributed by atoms with van der Waals surface area (Å²) in [5.41, 5.74) is 10.2. The van der Waals surface area contributed by atoms with Crippen molar-refractivity contribution in [1.29, 1.82) is 5.41 Å². The molecule has 180 valence electrons. The van der Waals surface area contributed by atoms with Crippen molar-refractivity contribution in [2.45, 2.75) is 6.92 Å². The minimum absolute atomic E-state index is 0.826. The average Bonchev–Trinajstić information content (AvgIpc) is 3.31. The lowest BCUT2D eigenvalue weighted by molar-refractivity contribution is 1.19. The molecule has 0 unspecified atom stereocenters. The van der Waals surface area contributed by atoms with Gasteiger partial charge in [-0.05, 0) is 60.0 Å². The third-order valence-corrected chi connectivity index (χ3v) is 6.92.